The fourth-order valence-electron chi connectivity index (χ4n) is 2.59. The molecule has 0 atom stereocenters. The average Bonchev–Trinajstić information content (AvgIpc) is 2.35. The normalized spacial score (nSPS) is 15.1. The Morgan fingerprint density at radius 3 is 2.67 bits per heavy atom. The second-order valence-corrected chi connectivity index (χ2v) is 5.86. The minimum atomic E-state index is -0.430. The Hall–Kier alpha value is -1.49. The fourth-order valence-corrected chi connectivity index (χ4v) is 2.59. The quantitative estimate of drug-likeness (QED) is 0.760. The Kier molecular flexibility index (Phi) is 5.28. The van der Waals surface area contributed by atoms with Gasteiger partial charge in [-0.05, 0) is 39.5 Å². The van der Waals surface area contributed by atoms with Crippen molar-refractivity contribution in [2.45, 2.75) is 51.7 Å². The first-order chi connectivity index (χ1) is 10.0. The third-order valence-corrected chi connectivity index (χ3v) is 3.83. The molecule has 0 spiro atoms. The molecule has 4 nitrogen and oxygen atoms in total. The van der Waals surface area contributed by atoms with Crippen molar-refractivity contribution in [2.75, 3.05) is 23.8 Å². The maximum absolute atomic E-state index is 13.9. The van der Waals surface area contributed by atoms with Crippen molar-refractivity contribution in [3.8, 4) is 5.75 Å². The van der Waals surface area contributed by atoms with Gasteiger partial charge in [0.05, 0.1) is 17.5 Å². The highest BCUT2D eigenvalue weighted by Crippen LogP contribution is 2.37. The lowest BCUT2D eigenvalue weighted by molar-refractivity contribution is 0.231. The van der Waals surface area contributed by atoms with Gasteiger partial charge < -0.3 is 20.5 Å². The van der Waals surface area contributed by atoms with Crippen LogP contribution in [0, 0.1) is 5.82 Å². The third-order valence-electron chi connectivity index (χ3n) is 3.83. The molecule has 1 aliphatic carbocycles. The van der Waals surface area contributed by atoms with Crippen LogP contribution >= 0.6 is 0 Å². The molecule has 3 N–H and O–H groups in total. The molecule has 1 aliphatic rings. The van der Waals surface area contributed by atoms with Crippen molar-refractivity contribution < 1.29 is 14.2 Å². The van der Waals surface area contributed by atoms with Crippen molar-refractivity contribution in [3.05, 3.63) is 17.9 Å². The summed E-state index contributed by atoms with van der Waals surface area (Å²) in [5.74, 6) is -0.191. The zero-order chi connectivity index (χ0) is 15.4. The van der Waals surface area contributed by atoms with Gasteiger partial charge in [0.2, 0.25) is 0 Å². The van der Waals surface area contributed by atoms with Gasteiger partial charge in [0.1, 0.15) is 0 Å². The Labute approximate surface area is 125 Å². The first kappa shape index (κ1) is 15.9. The Morgan fingerprint density at radius 2 is 2.14 bits per heavy atom. The van der Waals surface area contributed by atoms with Gasteiger partial charge in [0.15, 0.2) is 11.6 Å². The third kappa shape index (κ3) is 3.79. The highest BCUT2D eigenvalue weighted by Gasteiger charge is 2.27. The molecule has 5 heteroatoms. The van der Waals surface area contributed by atoms with Gasteiger partial charge >= 0.3 is 0 Å². The van der Waals surface area contributed by atoms with Crippen LogP contribution in [0.4, 0.5) is 15.8 Å². The summed E-state index contributed by atoms with van der Waals surface area (Å²) >= 11 is 0. The van der Waals surface area contributed by atoms with Gasteiger partial charge in [-0.3, -0.25) is 0 Å². The standard InChI is InChI=1S/C16H25FN2O2/c1-11(2)21-16-10-15(14(18)9-13(16)17)19(7-4-8-20)12-5-3-6-12/h9-12,20H,3-8,18H2,1-2H3. The summed E-state index contributed by atoms with van der Waals surface area (Å²) in [6.45, 7) is 4.59. The number of nitrogens with two attached hydrogens (primary N) is 1. The SMILES string of the molecule is CC(C)Oc1cc(N(CCCO)C2CCC2)c(N)cc1F. The number of nitrogens with zero attached hydrogens (tertiary/aromatic N) is 1. The van der Waals surface area contributed by atoms with Gasteiger partial charge in [-0.25, -0.2) is 4.39 Å². The van der Waals surface area contributed by atoms with Gasteiger partial charge in [0, 0.05) is 31.3 Å². The van der Waals surface area contributed by atoms with Crippen LogP contribution in [-0.2, 0) is 0 Å². The van der Waals surface area contributed by atoms with E-state index in [-0.39, 0.29) is 18.5 Å². The maximum atomic E-state index is 13.9. The van der Waals surface area contributed by atoms with E-state index in [2.05, 4.69) is 4.90 Å². The van der Waals surface area contributed by atoms with Crippen LogP contribution in [-0.4, -0.2) is 30.4 Å². The molecule has 0 bridgehead atoms. The smallest absolute Gasteiger partial charge is 0.167 e. The predicted molar refractivity (Wildman–Crippen MR) is 83.3 cm³/mol. The Balaban J connectivity index is 2.29. The van der Waals surface area contributed by atoms with E-state index in [9.17, 15) is 4.39 Å². The summed E-state index contributed by atoms with van der Waals surface area (Å²) in [4.78, 5) is 2.18. The number of hydrogen-bond donors (Lipinski definition) is 2. The number of nitrogen functional groups attached to an aromatic ring is 1. The zero-order valence-corrected chi connectivity index (χ0v) is 12.8. The lowest BCUT2D eigenvalue weighted by atomic mass is 9.90. The molecule has 0 saturated heterocycles. The number of aliphatic hydroxyl groups is 1. The van der Waals surface area contributed by atoms with Crippen molar-refractivity contribution in [2.24, 2.45) is 0 Å². The van der Waals surface area contributed by atoms with Crippen LogP contribution in [0.1, 0.15) is 39.5 Å². The molecule has 21 heavy (non-hydrogen) atoms. The molecule has 1 aromatic rings. The molecular weight excluding hydrogens is 271 g/mol. The van der Waals surface area contributed by atoms with Crippen molar-refractivity contribution in [1.82, 2.24) is 0 Å². The van der Waals surface area contributed by atoms with E-state index < -0.39 is 5.82 Å². The Bertz CT molecular complexity index is 476. The molecule has 0 aliphatic heterocycles. The minimum Gasteiger partial charge on any atom is -0.488 e. The van der Waals surface area contributed by atoms with E-state index in [1.54, 1.807) is 6.07 Å². The summed E-state index contributed by atoms with van der Waals surface area (Å²) in [6, 6.07) is 3.45. The molecule has 118 valence electrons. The maximum Gasteiger partial charge on any atom is 0.167 e. The molecule has 0 unspecified atom stereocenters. The van der Waals surface area contributed by atoms with E-state index in [1.807, 2.05) is 13.8 Å². The van der Waals surface area contributed by atoms with Gasteiger partial charge in [-0.2, -0.15) is 0 Å². The minimum absolute atomic E-state index is 0.0921. The van der Waals surface area contributed by atoms with Crippen LogP contribution in [0.3, 0.4) is 0 Å². The van der Waals surface area contributed by atoms with Crippen LogP contribution in [0.2, 0.25) is 0 Å². The lowest BCUT2D eigenvalue weighted by Crippen LogP contribution is -2.41. The predicted octanol–water partition coefficient (Wildman–Crippen LogP) is 2.94. The molecule has 0 heterocycles. The molecule has 0 aromatic heterocycles. The highest BCUT2D eigenvalue weighted by atomic mass is 19.1. The zero-order valence-electron chi connectivity index (χ0n) is 12.8. The highest BCUT2D eigenvalue weighted by molar-refractivity contribution is 5.70. The van der Waals surface area contributed by atoms with Crippen LogP contribution in [0.25, 0.3) is 0 Å². The van der Waals surface area contributed by atoms with Crippen molar-refractivity contribution >= 4 is 11.4 Å². The van der Waals surface area contributed by atoms with Gasteiger partial charge in [-0.15, -0.1) is 0 Å². The van der Waals surface area contributed by atoms with E-state index >= 15 is 0 Å². The molecular formula is C16H25FN2O2. The average molecular weight is 296 g/mol. The molecule has 0 radical (unpaired) electrons. The van der Waals surface area contributed by atoms with E-state index in [0.717, 1.165) is 25.1 Å². The summed E-state index contributed by atoms with van der Waals surface area (Å²) < 4.78 is 19.5. The molecule has 0 amide bonds. The van der Waals surface area contributed by atoms with Crippen LogP contribution in [0.5, 0.6) is 5.75 Å². The molecule has 1 saturated carbocycles. The fraction of sp³-hybridized carbons (Fsp3) is 0.625. The van der Waals surface area contributed by atoms with Gasteiger partial charge in [0.25, 0.3) is 0 Å². The summed E-state index contributed by atoms with van der Waals surface area (Å²) in [6.07, 6.45) is 4.01. The van der Waals surface area contributed by atoms with E-state index in [0.29, 0.717) is 18.2 Å². The number of hydrogen-bond acceptors (Lipinski definition) is 4. The summed E-state index contributed by atoms with van der Waals surface area (Å²) in [5.41, 5.74) is 7.25. The van der Waals surface area contributed by atoms with Crippen molar-refractivity contribution in [3.63, 3.8) is 0 Å². The second-order valence-electron chi connectivity index (χ2n) is 5.86. The number of aliphatic hydroxyl groups excluding tert-OH is 1. The van der Waals surface area contributed by atoms with Crippen LogP contribution in [0.15, 0.2) is 12.1 Å². The van der Waals surface area contributed by atoms with Gasteiger partial charge in [-0.1, -0.05) is 0 Å². The van der Waals surface area contributed by atoms with Crippen molar-refractivity contribution in [1.29, 1.82) is 0 Å². The summed E-state index contributed by atoms with van der Waals surface area (Å²) in [5, 5.41) is 9.08. The lowest BCUT2D eigenvalue weighted by Gasteiger charge is -2.40. The topological polar surface area (TPSA) is 58.7 Å². The first-order valence-corrected chi connectivity index (χ1v) is 7.66. The molecule has 2 rings (SSSR count). The second kappa shape index (κ2) is 6.98. The largest absolute Gasteiger partial charge is 0.488 e. The van der Waals surface area contributed by atoms with Crippen LogP contribution < -0.4 is 15.4 Å². The van der Waals surface area contributed by atoms with E-state index in [1.165, 1.54) is 12.5 Å². The number of ether oxygens (including phenoxy) is 1. The first-order valence-electron chi connectivity index (χ1n) is 7.66. The number of benzene rings is 1. The Morgan fingerprint density at radius 1 is 1.43 bits per heavy atom. The monoisotopic (exact) mass is 296 g/mol. The van der Waals surface area contributed by atoms with E-state index in [4.69, 9.17) is 15.6 Å². The number of anilines is 2. The molecule has 1 fully saturated rings. The molecule has 1 aromatic carbocycles. The number of rotatable bonds is 7. The summed E-state index contributed by atoms with van der Waals surface area (Å²) in [7, 11) is 0. The number of halogens is 1.